The van der Waals surface area contributed by atoms with Crippen LogP contribution in [0.4, 0.5) is 5.69 Å². The number of rotatable bonds is 7. The molecule has 0 spiro atoms. The van der Waals surface area contributed by atoms with E-state index in [-0.39, 0.29) is 17.8 Å². The molecule has 166 valence electrons. The summed E-state index contributed by atoms with van der Waals surface area (Å²) in [6, 6.07) is 13.8. The van der Waals surface area contributed by atoms with Crippen LogP contribution in [-0.2, 0) is 28.9 Å². The molecule has 1 aliphatic carbocycles. The number of nitrogens with one attached hydrogen (secondary N) is 1. The monoisotopic (exact) mass is 468 g/mol. The molecule has 6 nitrogen and oxygen atoms in total. The Morgan fingerprint density at radius 1 is 1.12 bits per heavy atom. The van der Waals surface area contributed by atoms with Crippen LogP contribution in [0.15, 0.2) is 47.6 Å². The first-order valence-electron chi connectivity index (χ1n) is 11.0. The lowest BCUT2D eigenvalue weighted by atomic mass is 10.1. The van der Waals surface area contributed by atoms with Crippen molar-refractivity contribution in [2.24, 2.45) is 0 Å². The van der Waals surface area contributed by atoms with E-state index in [0.717, 1.165) is 54.5 Å². The van der Waals surface area contributed by atoms with Gasteiger partial charge in [0.15, 0.2) is 11.0 Å². The van der Waals surface area contributed by atoms with Gasteiger partial charge in [0.25, 0.3) is 0 Å². The van der Waals surface area contributed by atoms with Crippen LogP contribution in [0.5, 0.6) is 0 Å². The summed E-state index contributed by atoms with van der Waals surface area (Å²) < 4.78 is 7.91. The maximum absolute atomic E-state index is 12.6. The van der Waals surface area contributed by atoms with Gasteiger partial charge in [0.1, 0.15) is 0 Å². The van der Waals surface area contributed by atoms with E-state index in [0.29, 0.717) is 11.6 Å². The van der Waals surface area contributed by atoms with Crippen LogP contribution in [0.3, 0.4) is 0 Å². The van der Waals surface area contributed by atoms with Gasteiger partial charge in [-0.15, -0.1) is 10.2 Å². The fourth-order valence-electron chi connectivity index (χ4n) is 4.34. The Morgan fingerprint density at radius 2 is 1.97 bits per heavy atom. The van der Waals surface area contributed by atoms with E-state index in [2.05, 4.69) is 32.2 Å². The number of benzene rings is 2. The molecular formula is C24H25ClN4O2S. The molecule has 1 N–H and O–H groups in total. The van der Waals surface area contributed by atoms with E-state index in [1.54, 1.807) is 0 Å². The third-order valence-corrected chi connectivity index (χ3v) is 7.16. The molecule has 1 aliphatic heterocycles. The molecule has 2 aliphatic rings. The Labute approximate surface area is 196 Å². The number of hydrogen-bond donors (Lipinski definition) is 1. The number of carbonyl (C=O) groups is 1. The predicted molar refractivity (Wildman–Crippen MR) is 127 cm³/mol. The third kappa shape index (κ3) is 4.85. The van der Waals surface area contributed by atoms with Gasteiger partial charge in [-0.1, -0.05) is 29.4 Å². The van der Waals surface area contributed by atoms with E-state index in [9.17, 15) is 4.79 Å². The Morgan fingerprint density at radius 3 is 2.78 bits per heavy atom. The second-order valence-corrected chi connectivity index (χ2v) is 9.61. The lowest BCUT2D eigenvalue weighted by Crippen LogP contribution is -2.18. The van der Waals surface area contributed by atoms with Crippen molar-refractivity contribution in [3.8, 4) is 11.4 Å². The van der Waals surface area contributed by atoms with Crippen molar-refractivity contribution >= 4 is 35.0 Å². The summed E-state index contributed by atoms with van der Waals surface area (Å²) in [5.41, 5.74) is 4.54. The van der Waals surface area contributed by atoms with Gasteiger partial charge >= 0.3 is 0 Å². The quantitative estimate of drug-likeness (QED) is 0.494. The van der Waals surface area contributed by atoms with Crippen LogP contribution >= 0.6 is 23.4 Å². The summed E-state index contributed by atoms with van der Waals surface area (Å²) in [7, 11) is 0. The standard InChI is InChI=1S/C24H25ClN4O2S/c25-19-9-6-17(7-10-19)23-27-28-24(29(23)14-21-5-2-12-31-21)32-15-22(30)26-20-11-8-16-3-1-4-18(16)13-20/h6-11,13,21H,1-5,12,14-15H2,(H,26,30). The molecule has 3 aromatic rings. The van der Waals surface area contributed by atoms with Gasteiger partial charge in [-0.3, -0.25) is 9.36 Å². The largest absolute Gasteiger partial charge is 0.376 e. The van der Waals surface area contributed by atoms with Gasteiger partial charge in [0, 0.05) is 22.9 Å². The van der Waals surface area contributed by atoms with Gasteiger partial charge in [-0.05, 0) is 79.6 Å². The van der Waals surface area contributed by atoms with E-state index in [1.165, 1.54) is 29.3 Å². The number of aromatic nitrogens is 3. The minimum atomic E-state index is -0.0485. The number of fused-ring (bicyclic) bond motifs is 1. The summed E-state index contributed by atoms with van der Waals surface area (Å²) in [6.07, 6.45) is 5.63. The fourth-order valence-corrected chi connectivity index (χ4v) is 5.22. The molecule has 1 saturated heterocycles. The molecule has 8 heteroatoms. The Hall–Kier alpha value is -2.35. The highest BCUT2D eigenvalue weighted by atomic mass is 35.5. The zero-order valence-corrected chi connectivity index (χ0v) is 19.3. The van der Waals surface area contributed by atoms with E-state index in [4.69, 9.17) is 16.3 Å². The van der Waals surface area contributed by atoms with Gasteiger partial charge in [-0.2, -0.15) is 0 Å². The molecule has 2 aromatic carbocycles. The maximum Gasteiger partial charge on any atom is 0.234 e. The molecular weight excluding hydrogens is 444 g/mol. The molecule has 5 rings (SSSR count). The zero-order valence-electron chi connectivity index (χ0n) is 17.7. The molecule has 1 amide bonds. The first kappa shape index (κ1) is 21.5. The molecule has 0 radical (unpaired) electrons. The van der Waals surface area contributed by atoms with Crippen LogP contribution in [-0.4, -0.2) is 39.1 Å². The number of anilines is 1. The first-order valence-corrected chi connectivity index (χ1v) is 12.4. The number of halogens is 1. The van der Waals surface area contributed by atoms with Crippen molar-refractivity contribution in [2.45, 2.75) is 49.9 Å². The van der Waals surface area contributed by atoms with Crippen molar-refractivity contribution in [2.75, 3.05) is 17.7 Å². The van der Waals surface area contributed by atoms with Crippen LogP contribution < -0.4 is 5.32 Å². The number of aryl methyl sites for hydroxylation is 2. The molecule has 2 heterocycles. The molecule has 32 heavy (non-hydrogen) atoms. The summed E-state index contributed by atoms with van der Waals surface area (Å²) >= 11 is 7.45. The molecule has 1 unspecified atom stereocenters. The number of ether oxygens (including phenoxy) is 1. The molecule has 0 saturated carbocycles. The highest BCUT2D eigenvalue weighted by Crippen LogP contribution is 2.28. The number of nitrogens with zero attached hydrogens (tertiary/aromatic N) is 3. The number of hydrogen-bond acceptors (Lipinski definition) is 5. The van der Waals surface area contributed by atoms with Crippen LogP contribution in [0.25, 0.3) is 11.4 Å². The smallest absolute Gasteiger partial charge is 0.234 e. The molecule has 1 aromatic heterocycles. The minimum absolute atomic E-state index is 0.0485. The molecule has 1 fully saturated rings. The maximum atomic E-state index is 12.6. The van der Waals surface area contributed by atoms with Crippen molar-refractivity contribution in [3.63, 3.8) is 0 Å². The van der Waals surface area contributed by atoms with Crippen LogP contribution in [0.2, 0.25) is 5.02 Å². The second kappa shape index (κ2) is 9.65. The first-order chi connectivity index (χ1) is 15.7. The summed E-state index contributed by atoms with van der Waals surface area (Å²) in [5, 5.41) is 13.2. The lowest BCUT2D eigenvalue weighted by molar-refractivity contribution is -0.113. The predicted octanol–water partition coefficient (Wildman–Crippen LogP) is 5.00. The van der Waals surface area contributed by atoms with Crippen LogP contribution in [0.1, 0.15) is 30.4 Å². The topological polar surface area (TPSA) is 69.0 Å². The second-order valence-electron chi connectivity index (χ2n) is 8.23. The van der Waals surface area contributed by atoms with Crippen molar-refractivity contribution in [1.29, 1.82) is 0 Å². The van der Waals surface area contributed by atoms with Crippen molar-refractivity contribution < 1.29 is 9.53 Å². The lowest BCUT2D eigenvalue weighted by Gasteiger charge is -2.15. The Bertz CT molecular complexity index is 1110. The number of amides is 1. The molecule has 0 bridgehead atoms. The van der Waals surface area contributed by atoms with Gasteiger partial charge in [0.05, 0.1) is 18.4 Å². The Balaban J connectivity index is 1.30. The number of thioether (sulfide) groups is 1. The minimum Gasteiger partial charge on any atom is -0.376 e. The van der Waals surface area contributed by atoms with E-state index < -0.39 is 0 Å². The van der Waals surface area contributed by atoms with Crippen molar-refractivity contribution in [3.05, 3.63) is 58.6 Å². The van der Waals surface area contributed by atoms with E-state index in [1.807, 2.05) is 30.3 Å². The van der Waals surface area contributed by atoms with E-state index >= 15 is 0 Å². The normalized spacial score (nSPS) is 17.5. The zero-order chi connectivity index (χ0) is 21.9. The fraction of sp³-hybridized carbons (Fsp3) is 0.375. The summed E-state index contributed by atoms with van der Waals surface area (Å²) in [6.45, 7) is 1.45. The Kier molecular flexibility index (Phi) is 6.48. The highest BCUT2D eigenvalue weighted by molar-refractivity contribution is 7.99. The van der Waals surface area contributed by atoms with Gasteiger partial charge in [0.2, 0.25) is 5.91 Å². The average molecular weight is 469 g/mol. The average Bonchev–Trinajstić information content (AvgIpc) is 3.54. The van der Waals surface area contributed by atoms with Gasteiger partial charge < -0.3 is 10.1 Å². The highest BCUT2D eigenvalue weighted by Gasteiger charge is 2.22. The number of carbonyl (C=O) groups excluding carboxylic acids is 1. The third-order valence-electron chi connectivity index (χ3n) is 5.94. The van der Waals surface area contributed by atoms with Crippen LogP contribution in [0, 0.1) is 0 Å². The van der Waals surface area contributed by atoms with Crippen molar-refractivity contribution in [1.82, 2.24) is 14.8 Å². The summed E-state index contributed by atoms with van der Waals surface area (Å²) in [5.74, 6) is 0.979. The summed E-state index contributed by atoms with van der Waals surface area (Å²) in [4.78, 5) is 12.6. The SMILES string of the molecule is O=C(CSc1nnc(-c2ccc(Cl)cc2)n1CC1CCCO1)Nc1ccc2c(c1)CCC2. The van der Waals surface area contributed by atoms with Gasteiger partial charge in [-0.25, -0.2) is 0 Å². The molecule has 1 atom stereocenters.